The molecule has 1 aliphatic rings. The van der Waals surface area contributed by atoms with Crippen molar-refractivity contribution in [3.05, 3.63) is 23.1 Å². The molecule has 2 unspecified atom stereocenters. The van der Waals surface area contributed by atoms with Crippen LogP contribution >= 0.6 is 11.6 Å². The number of carbonyl (C=O) groups excluding carboxylic acids is 1. The van der Waals surface area contributed by atoms with Gasteiger partial charge in [0, 0.05) is 12.6 Å². The van der Waals surface area contributed by atoms with Crippen LogP contribution in [0.15, 0.2) is 16.7 Å². The molecule has 1 N–H and O–H groups in total. The van der Waals surface area contributed by atoms with Crippen molar-refractivity contribution < 1.29 is 13.9 Å². The summed E-state index contributed by atoms with van der Waals surface area (Å²) in [5.41, 5.74) is 0.390. The monoisotopic (exact) mass is 243 g/mol. The number of carbonyl (C=O) groups is 1. The van der Waals surface area contributed by atoms with Crippen molar-refractivity contribution in [3.8, 4) is 0 Å². The molecule has 88 valence electrons. The fraction of sp³-hybridized carbons (Fsp3) is 0.545. The first-order valence-corrected chi connectivity index (χ1v) is 5.70. The first-order valence-electron chi connectivity index (χ1n) is 5.32. The highest BCUT2D eigenvalue weighted by atomic mass is 35.5. The molecule has 2 heterocycles. The summed E-state index contributed by atoms with van der Waals surface area (Å²) in [5.74, 6) is -0.183. The summed E-state index contributed by atoms with van der Waals surface area (Å²) in [6.45, 7) is 2.69. The minimum absolute atomic E-state index is 0.137. The molecule has 0 bridgehead atoms. The Morgan fingerprint density at radius 3 is 3.06 bits per heavy atom. The van der Waals surface area contributed by atoms with Crippen LogP contribution in [0.4, 0.5) is 0 Å². The Labute approximate surface area is 98.9 Å². The molecule has 2 atom stereocenters. The van der Waals surface area contributed by atoms with Crippen molar-refractivity contribution >= 4 is 17.5 Å². The van der Waals surface area contributed by atoms with E-state index in [4.69, 9.17) is 20.8 Å². The summed E-state index contributed by atoms with van der Waals surface area (Å²) in [4.78, 5) is 11.8. The lowest BCUT2D eigenvalue weighted by Gasteiger charge is -2.27. The van der Waals surface area contributed by atoms with Crippen LogP contribution in [0.5, 0.6) is 0 Å². The zero-order chi connectivity index (χ0) is 11.5. The van der Waals surface area contributed by atoms with Crippen molar-refractivity contribution in [2.24, 2.45) is 0 Å². The van der Waals surface area contributed by atoms with Crippen molar-refractivity contribution in [2.75, 3.05) is 6.61 Å². The number of hydrogen-bond acceptors (Lipinski definition) is 3. The third kappa shape index (κ3) is 2.57. The Kier molecular flexibility index (Phi) is 3.51. The standard InChI is InChI=1S/C11H14ClNO3/c1-7-6-8(2-4-15-7)13-11(14)9-3-5-16-10(9)12/h3,5,7-8H,2,4,6H2,1H3,(H,13,14). The van der Waals surface area contributed by atoms with Crippen LogP contribution < -0.4 is 5.32 Å². The molecular weight excluding hydrogens is 230 g/mol. The van der Waals surface area contributed by atoms with E-state index >= 15 is 0 Å². The van der Waals surface area contributed by atoms with Crippen LogP contribution in [-0.2, 0) is 4.74 Å². The Bertz CT molecular complexity index is 377. The van der Waals surface area contributed by atoms with Gasteiger partial charge in [0.2, 0.25) is 5.22 Å². The summed E-state index contributed by atoms with van der Waals surface area (Å²) >= 11 is 5.73. The zero-order valence-electron chi connectivity index (χ0n) is 9.03. The molecule has 0 spiro atoms. The highest BCUT2D eigenvalue weighted by Gasteiger charge is 2.22. The lowest BCUT2D eigenvalue weighted by atomic mass is 10.0. The summed E-state index contributed by atoms with van der Waals surface area (Å²) in [7, 11) is 0. The normalized spacial score (nSPS) is 25.4. The van der Waals surface area contributed by atoms with E-state index in [-0.39, 0.29) is 23.3 Å². The van der Waals surface area contributed by atoms with Crippen LogP contribution in [0.1, 0.15) is 30.1 Å². The van der Waals surface area contributed by atoms with E-state index in [1.165, 1.54) is 6.26 Å². The van der Waals surface area contributed by atoms with Crippen molar-refractivity contribution in [2.45, 2.75) is 31.9 Å². The molecule has 0 saturated carbocycles. The highest BCUT2D eigenvalue weighted by molar-refractivity contribution is 6.32. The first-order chi connectivity index (χ1) is 7.66. The van der Waals surface area contributed by atoms with E-state index in [2.05, 4.69) is 5.32 Å². The molecule has 1 aliphatic heterocycles. The van der Waals surface area contributed by atoms with Crippen LogP contribution in [0.2, 0.25) is 5.22 Å². The third-order valence-corrected chi connectivity index (χ3v) is 2.98. The summed E-state index contributed by atoms with van der Waals surface area (Å²) in [6.07, 6.45) is 3.27. The molecule has 1 amide bonds. The predicted octanol–water partition coefficient (Wildman–Crippen LogP) is 2.23. The molecule has 1 aromatic heterocycles. The van der Waals surface area contributed by atoms with Gasteiger partial charge >= 0.3 is 0 Å². The fourth-order valence-electron chi connectivity index (χ4n) is 1.85. The Hall–Kier alpha value is -1.00. The number of rotatable bonds is 2. The number of amides is 1. The zero-order valence-corrected chi connectivity index (χ0v) is 9.79. The van der Waals surface area contributed by atoms with Gasteiger partial charge in [-0.25, -0.2) is 0 Å². The SMILES string of the molecule is CC1CC(NC(=O)c2ccoc2Cl)CCO1. The number of furan rings is 1. The molecule has 5 heteroatoms. The highest BCUT2D eigenvalue weighted by Crippen LogP contribution is 2.18. The maximum atomic E-state index is 11.8. The van der Waals surface area contributed by atoms with Gasteiger partial charge in [-0.3, -0.25) is 4.79 Å². The second-order valence-corrected chi connectivity index (χ2v) is 4.33. The lowest BCUT2D eigenvalue weighted by molar-refractivity contribution is 0.0136. The van der Waals surface area contributed by atoms with Gasteiger partial charge in [0.1, 0.15) is 0 Å². The molecule has 0 aliphatic carbocycles. The minimum Gasteiger partial charge on any atom is -0.452 e. The number of hydrogen-bond donors (Lipinski definition) is 1. The van der Waals surface area contributed by atoms with Crippen LogP contribution in [0, 0.1) is 0 Å². The molecule has 4 nitrogen and oxygen atoms in total. The van der Waals surface area contributed by atoms with Crippen molar-refractivity contribution in [3.63, 3.8) is 0 Å². The second-order valence-electron chi connectivity index (χ2n) is 3.98. The summed E-state index contributed by atoms with van der Waals surface area (Å²) in [5, 5.41) is 3.07. The van der Waals surface area contributed by atoms with Gasteiger partial charge in [0.15, 0.2) is 0 Å². The fourth-order valence-corrected chi connectivity index (χ4v) is 2.05. The second kappa shape index (κ2) is 4.89. The third-order valence-electron chi connectivity index (χ3n) is 2.68. The first kappa shape index (κ1) is 11.5. The Morgan fingerprint density at radius 1 is 1.62 bits per heavy atom. The smallest absolute Gasteiger partial charge is 0.256 e. The quantitative estimate of drug-likeness (QED) is 0.867. The van der Waals surface area contributed by atoms with Gasteiger partial charge in [-0.2, -0.15) is 0 Å². The molecular formula is C11H14ClNO3. The summed E-state index contributed by atoms with van der Waals surface area (Å²) in [6, 6.07) is 1.72. The Morgan fingerprint density at radius 2 is 2.44 bits per heavy atom. The van der Waals surface area contributed by atoms with E-state index in [0.717, 1.165) is 12.8 Å². The minimum atomic E-state index is -0.183. The molecule has 1 fully saturated rings. The molecule has 1 aromatic rings. The van der Waals surface area contributed by atoms with Crippen LogP contribution in [0.25, 0.3) is 0 Å². The molecule has 16 heavy (non-hydrogen) atoms. The van der Waals surface area contributed by atoms with E-state index in [9.17, 15) is 4.79 Å². The van der Waals surface area contributed by atoms with E-state index in [0.29, 0.717) is 12.2 Å². The van der Waals surface area contributed by atoms with Crippen molar-refractivity contribution in [1.82, 2.24) is 5.32 Å². The number of nitrogens with one attached hydrogen (secondary N) is 1. The van der Waals surface area contributed by atoms with E-state index < -0.39 is 0 Å². The van der Waals surface area contributed by atoms with E-state index in [1.54, 1.807) is 6.07 Å². The van der Waals surface area contributed by atoms with Gasteiger partial charge in [-0.05, 0) is 37.4 Å². The average molecular weight is 244 g/mol. The van der Waals surface area contributed by atoms with E-state index in [1.807, 2.05) is 6.92 Å². The predicted molar refractivity (Wildman–Crippen MR) is 59.6 cm³/mol. The largest absolute Gasteiger partial charge is 0.452 e. The van der Waals surface area contributed by atoms with Gasteiger partial charge in [-0.1, -0.05) is 0 Å². The topological polar surface area (TPSA) is 51.5 Å². The maximum absolute atomic E-state index is 11.8. The van der Waals surface area contributed by atoms with Gasteiger partial charge in [-0.15, -0.1) is 0 Å². The number of halogens is 1. The lowest BCUT2D eigenvalue weighted by Crippen LogP contribution is -2.41. The number of ether oxygens (including phenoxy) is 1. The van der Waals surface area contributed by atoms with Gasteiger partial charge < -0.3 is 14.5 Å². The molecule has 2 rings (SSSR count). The van der Waals surface area contributed by atoms with Crippen LogP contribution in [0.3, 0.4) is 0 Å². The Balaban J connectivity index is 1.95. The average Bonchev–Trinajstić information content (AvgIpc) is 2.64. The molecule has 0 radical (unpaired) electrons. The molecule has 1 saturated heterocycles. The molecule has 0 aromatic carbocycles. The van der Waals surface area contributed by atoms with Crippen LogP contribution in [-0.4, -0.2) is 24.7 Å². The maximum Gasteiger partial charge on any atom is 0.256 e. The summed E-state index contributed by atoms with van der Waals surface area (Å²) < 4.78 is 10.3. The van der Waals surface area contributed by atoms with Gasteiger partial charge in [0.05, 0.1) is 17.9 Å². The van der Waals surface area contributed by atoms with Crippen molar-refractivity contribution in [1.29, 1.82) is 0 Å². The van der Waals surface area contributed by atoms with Gasteiger partial charge in [0.25, 0.3) is 5.91 Å².